The van der Waals surface area contributed by atoms with Crippen LogP contribution < -0.4 is 4.90 Å². The molecule has 0 saturated carbocycles. The van der Waals surface area contributed by atoms with Crippen molar-refractivity contribution >= 4 is 23.5 Å². The number of carbonyl (C=O) groups is 3. The number of hydrogen-bond donors (Lipinski definition) is 0. The van der Waals surface area contributed by atoms with Gasteiger partial charge in [0.05, 0.1) is 17.4 Å². The number of imide groups is 1. The summed E-state index contributed by atoms with van der Waals surface area (Å²) in [6.45, 7) is -0.397. The Morgan fingerprint density at radius 2 is 1.96 bits per heavy atom. The highest BCUT2D eigenvalue weighted by atomic mass is 19.4. The number of fused-ring (bicyclic) bond motifs is 1. The molecule has 4 amide bonds. The quantitative estimate of drug-likeness (QED) is 0.712. The van der Waals surface area contributed by atoms with Gasteiger partial charge in [0.2, 0.25) is 5.91 Å². The lowest BCUT2D eigenvalue weighted by molar-refractivity contribution is -0.137. The van der Waals surface area contributed by atoms with Crippen molar-refractivity contribution in [1.82, 2.24) is 14.8 Å². The van der Waals surface area contributed by atoms with E-state index in [-0.39, 0.29) is 19.0 Å². The summed E-state index contributed by atoms with van der Waals surface area (Å²) in [7, 11) is 1.46. The molecule has 0 radical (unpaired) electrons. The van der Waals surface area contributed by atoms with E-state index in [1.54, 1.807) is 0 Å². The van der Waals surface area contributed by atoms with Crippen LogP contribution in [0.4, 0.5) is 23.7 Å². The number of alkyl halides is 3. The maximum atomic E-state index is 13.1. The number of rotatable bonds is 1. The van der Waals surface area contributed by atoms with E-state index in [1.165, 1.54) is 11.9 Å². The molecule has 10 heteroatoms. The number of aromatic nitrogens is 1. The molecule has 0 spiro atoms. The largest absolute Gasteiger partial charge is 0.418 e. The third-order valence-corrected chi connectivity index (χ3v) is 3.84. The summed E-state index contributed by atoms with van der Waals surface area (Å²) in [5.41, 5.74) is -1.76. The van der Waals surface area contributed by atoms with Gasteiger partial charge in [0.15, 0.2) is 0 Å². The summed E-state index contributed by atoms with van der Waals surface area (Å²) in [5.74, 6) is -1.18. The lowest BCUT2D eigenvalue weighted by Gasteiger charge is -2.32. The molecule has 23 heavy (non-hydrogen) atoms. The molecule has 2 aliphatic rings. The maximum absolute atomic E-state index is 13.1. The van der Waals surface area contributed by atoms with Crippen molar-refractivity contribution < 1.29 is 27.6 Å². The van der Waals surface area contributed by atoms with Crippen molar-refractivity contribution in [3.05, 3.63) is 24.0 Å². The molecule has 0 N–H and O–H groups in total. The highest BCUT2D eigenvalue weighted by Gasteiger charge is 2.51. The lowest BCUT2D eigenvalue weighted by atomic mass is 10.1. The number of likely N-dealkylation sites (N-methyl/N-ethyl adjacent to an activating group) is 1. The van der Waals surface area contributed by atoms with Gasteiger partial charge in [0.25, 0.3) is 5.91 Å². The van der Waals surface area contributed by atoms with Gasteiger partial charge in [0.1, 0.15) is 12.6 Å². The summed E-state index contributed by atoms with van der Waals surface area (Å²) in [6.07, 6.45) is -2.99. The first-order valence-corrected chi connectivity index (χ1v) is 6.61. The van der Waals surface area contributed by atoms with Crippen molar-refractivity contribution in [2.24, 2.45) is 0 Å². The predicted octanol–water partition coefficient (Wildman–Crippen LogP) is 0.710. The fraction of sp³-hybridized carbons (Fsp3) is 0.385. The molecule has 0 bridgehead atoms. The highest BCUT2D eigenvalue weighted by Crippen LogP contribution is 2.38. The zero-order valence-corrected chi connectivity index (χ0v) is 11.9. The van der Waals surface area contributed by atoms with Gasteiger partial charge < -0.3 is 9.80 Å². The molecule has 3 rings (SSSR count). The summed E-state index contributed by atoms with van der Waals surface area (Å²) >= 11 is 0. The smallest absolute Gasteiger partial charge is 0.342 e. The molecule has 0 aliphatic carbocycles. The first kappa shape index (κ1) is 15.3. The van der Waals surface area contributed by atoms with E-state index in [0.29, 0.717) is 11.0 Å². The van der Waals surface area contributed by atoms with Crippen LogP contribution in [-0.2, 0) is 15.8 Å². The average Bonchev–Trinajstić information content (AvgIpc) is 2.71. The molecule has 122 valence electrons. The molecule has 1 unspecified atom stereocenters. The van der Waals surface area contributed by atoms with Gasteiger partial charge >= 0.3 is 12.2 Å². The Labute approximate surface area is 128 Å². The number of urea groups is 1. The summed E-state index contributed by atoms with van der Waals surface area (Å²) in [6, 6.07) is -1.23. The van der Waals surface area contributed by atoms with Crippen molar-refractivity contribution in [2.45, 2.75) is 12.2 Å². The van der Waals surface area contributed by atoms with Gasteiger partial charge in [0, 0.05) is 19.8 Å². The minimum atomic E-state index is -4.74. The third kappa shape index (κ3) is 2.30. The Morgan fingerprint density at radius 3 is 2.61 bits per heavy atom. The van der Waals surface area contributed by atoms with Crippen LogP contribution in [0.25, 0.3) is 0 Å². The van der Waals surface area contributed by atoms with E-state index in [9.17, 15) is 27.6 Å². The van der Waals surface area contributed by atoms with Crippen LogP contribution in [0.2, 0.25) is 0 Å². The van der Waals surface area contributed by atoms with Gasteiger partial charge in [-0.15, -0.1) is 0 Å². The number of carbonyl (C=O) groups excluding carboxylic acids is 3. The third-order valence-electron chi connectivity index (χ3n) is 3.84. The summed E-state index contributed by atoms with van der Waals surface area (Å²) < 4.78 is 39.3. The molecule has 1 aromatic rings. The number of pyridine rings is 1. The monoisotopic (exact) mass is 328 g/mol. The number of nitrogens with zero attached hydrogens (tertiary/aromatic N) is 4. The number of piperazine rings is 1. The number of halogens is 3. The second-order valence-corrected chi connectivity index (χ2v) is 5.26. The number of hydrogen-bond acceptors (Lipinski definition) is 4. The van der Waals surface area contributed by atoms with Gasteiger partial charge in [-0.1, -0.05) is 0 Å². The van der Waals surface area contributed by atoms with E-state index in [4.69, 9.17) is 0 Å². The zero-order chi connectivity index (χ0) is 16.9. The molecule has 1 aromatic heterocycles. The van der Waals surface area contributed by atoms with Gasteiger partial charge in [-0.2, -0.15) is 13.2 Å². The topological polar surface area (TPSA) is 73.8 Å². The predicted molar refractivity (Wildman–Crippen MR) is 70.3 cm³/mol. The molecule has 7 nitrogen and oxygen atoms in total. The van der Waals surface area contributed by atoms with E-state index < -0.39 is 35.4 Å². The average molecular weight is 328 g/mol. The Balaban J connectivity index is 2.04. The van der Waals surface area contributed by atoms with Gasteiger partial charge in [-0.05, 0) is 6.07 Å². The summed E-state index contributed by atoms with van der Waals surface area (Å²) in [4.78, 5) is 42.7. The molecule has 1 atom stereocenters. The highest BCUT2D eigenvalue weighted by molar-refractivity contribution is 6.22. The minimum absolute atomic E-state index is 0.0540. The van der Waals surface area contributed by atoms with Crippen LogP contribution in [0.5, 0.6) is 0 Å². The van der Waals surface area contributed by atoms with E-state index in [1.807, 2.05) is 0 Å². The molecular formula is C13H11F3N4O3. The summed E-state index contributed by atoms with van der Waals surface area (Å²) in [5, 5.41) is 0. The fourth-order valence-corrected chi connectivity index (χ4v) is 2.65. The first-order valence-electron chi connectivity index (χ1n) is 6.61. The van der Waals surface area contributed by atoms with Crippen molar-refractivity contribution in [1.29, 1.82) is 0 Å². The van der Waals surface area contributed by atoms with Gasteiger partial charge in [-0.25, -0.2) is 9.69 Å². The lowest BCUT2D eigenvalue weighted by Crippen LogP contribution is -2.54. The van der Waals surface area contributed by atoms with Crippen molar-refractivity contribution in [2.75, 3.05) is 25.0 Å². The Morgan fingerprint density at radius 1 is 1.26 bits per heavy atom. The zero-order valence-electron chi connectivity index (χ0n) is 11.9. The molecule has 3 heterocycles. The number of amides is 4. The molecule has 2 fully saturated rings. The van der Waals surface area contributed by atoms with E-state index in [0.717, 1.165) is 17.3 Å². The van der Waals surface area contributed by atoms with Gasteiger partial charge in [-0.3, -0.25) is 14.6 Å². The van der Waals surface area contributed by atoms with Crippen LogP contribution in [0.1, 0.15) is 5.56 Å². The van der Waals surface area contributed by atoms with Crippen LogP contribution in [0, 0.1) is 0 Å². The molecular weight excluding hydrogens is 317 g/mol. The van der Waals surface area contributed by atoms with Crippen LogP contribution in [-0.4, -0.2) is 58.8 Å². The van der Waals surface area contributed by atoms with Crippen molar-refractivity contribution in [3.8, 4) is 0 Å². The second kappa shape index (κ2) is 4.93. The van der Waals surface area contributed by atoms with E-state index >= 15 is 0 Å². The van der Waals surface area contributed by atoms with Crippen molar-refractivity contribution in [3.63, 3.8) is 0 Å². The molecule has 2 aliphatic heterocycles. The Hall–Kier alpha value is -2.65. The Bertz CT molecular complexity index is 706. The normalized spacial score (nSPS) is 22.0. The van der Waals surface area contributed by atoms with E-state index in [2.05, 4.69) is 4.98 Å². The standard InChI is InChI=1S/C13H11F3N4O3/c1-18-5-9-11(22)20(12(23)19(9)6-10(18)21)8-4-17-3-2-7(8)13(14,15)16/h2-4,9H,5-6H2,1H3. The van der Waals surface area contributed by atoms with Crippen LogP contribution in [0.15, 0.2) is 18.5 Å². The first-order chi connectivity index (χ1) is 10.7. The van der Waals surface area contributed by atoms with Crippen LogP contribution in [0.3, 0.4) is 0 Å². The fourth-order valence-electron chi connectivity index (χ4n) is 2.65. The maximum Gasteiger partial charge on any atom is 0.418 e. The SMILES string of the molecule is CN1CC2C(=O)N(c3cnccc3C(F)(F)F)C(=O)N2CC1=O. The molecule has 0 aromatic carbocycles. The second-order valence-electron chi connectivity index (χ2n) is 5.26. The minimum Gasteiger partial charge on any atom is -0.342 e. The van der Waals surface area contributed by atoms with Crippen LogP contribution >= 0.6 is 0 Å². The Kier molecular flexibility index (Phi) is 3.27. The number of anilines is 1. The molecule has 2 saturated heterocycles.